The minimum atomic E-state index is -0.591. The van der Waals surface area contributed by atoms with E-state index in [-0.39, 0.29) is 12.4 Å². The van der Waals surface area contributed by atoms with Crippen LogP contribution >= 0.6 is 0 Å². The Labute approximate surface area is 176 Å². The summed E-state index contributed by atoms with van der Waals surface area (Å²) in [5.74, 6) is -0.841. The van der Waals surface area contributed by atoms with Crippen LogP contribution in [0.1, 0.15) is 51.6 Å². The molecule has 0 N–H and O–H groups in total. The van der Waals surface area contributed by atoms with Gasteiger partial charge in [-0.2, -0.15) is 5.26 Å². The Kier molecular flexibility index (Phi) is 7.13. The SMILES string of the molecule is CCCCc1ccc(C(=O)COC(=O)c2ccccc2-c2ccccc2C#N)cc1. The topological polar surface area (TPSA) is 67.2 Å². The molecule has 0 saturated heterocycles. The summed E-state index contributed by atoms with van der Waals surface area (Å²) in [6.45, 7) is 1.81. The second-order valence-corrected chi connectivity index (χ2v) is 7.00. The third kappa shape index (κ3) is 5.01. The summed E-state index contributed by atoms with van der Waals surface area (Å²) < 4.78 is 5.30. The maximum Gasteiger partial charge on any atom is 0.339 e. The van der Waals surface area contributed by atoms with E-state index < -0.39 is 5.97 Å². The van der Waals surface area contributed by atoms with E-state index >= 15 is 0 Å². The molecular formula is C26H23NO3. The molecule has 4 nitrogen and oxygen atoms in total. The molecule has 0 atom stereocenters. The lowest BCUT2D eigenvalue weighted by Gasteiger charge is -2.11. The third-order valence-electron chi connectivity index (χ3n) is 4.91. The smallest absolute Gasteiger partial charge is 0.339 e. The van der Waals surface area contributed by atoms with Gasteiger partial charge in [0.05, 0.1) is 17.2 Å². The molecule has 0 heterocycles. The van der Waals surface area contributed by atoms with Crippen molar-refractivity contribution >= 4 is 11.8 Å². The first kappa shape index (κ1) is 21.0. The fraction of sp³-hybridized carbons (Fsp3) is 0.192. The van der Waals surface area contributed by atoms with Gasteiger partial charge in [0, 0.05) is 11.1 Å². The van der Waals surface area contributed by atoms with Crippen molar-refractivity contribution in [3.05, 3.63) is 95.1 Å². The summed E-state index contributed by atoms with van der Waals surface area (Å²) in [5, 5.41) is 9.37. The Morgan fingerprint density at radius 1 is 0.900 bits per heavy atom. The van der Waals surface area contributed by atoms with Crippen LogP contribution < -0.4 is 0 Å². The van der Waals surface area contributed by atoms with E-state index in [1.165, 1.54) is 5.56 Å². The van der Waals surface area contributed by atoms with E-state index in [2.05, 4.69) is 13.0 Å². The number of ether oxygens (including phenoxy) is 1. The molecule has 0 bridgehead atoms. The summed E-state index contributed by atoms with van der Waals surface area (Å²) in [7, 11) is 0. The van der Waals surface area contributed by atoms with E-state index in [0.29, 0.717) is 27.8 Å². The van der Waals surface area contributed by atoms with Gasteiger partial charge >= 0.3 is 5.97 Å². The number of hydrogen-bond acceptors (Lipinski definition) is 4. The molecule has 0 aliphatic heterocycles. The highest BCUT2D eigenvalue weighted by atomic mass is 16.5. The summed E-state index contributed by atoms with van der Waals surface area (Å²) in [4.78, 5) is 25.1. The quantitative estimate of drug-likeness (QED) is 0.366. The first-order valence-electron chi connectivity index (χ1n) is 10.0. The van der Waals surface area contributed by atoms with E-state index in [1.807, 2.05) is 18.2 Å². The van der Waals surface area contributed by atoms with Crippen molar-refractivity contribution in [3.63, 3.8) is 0 Å². The Bertz CT molecular complexity index is 1080. The standard InChI is InChI=1S/C26H23NO3/c1-2-3-8-19-13-15-20(16-14-19)25(28)18-30-26(29)24-12-7-6-11-23(24)22-10-5-4-9-21(22)17-27/h4-7,9-16H,2-3,8,18H2,1H3. The van der Waals surface area contributed by atoms with Crippen LogP contribution in [0.25, 0.3) is 11.1 Å². The number of nitriles is 1. The molecule has 0 radical (unpaired) electrons. The van der Waals surface area contributed by atoms with Gasteiger partial charge in [0.15, 0.2) is 12.4 Å². The monoisotopic (exact) mass is 397 g/mol. The molecule has 3 rings (SSSR count). The Morgan fingerprint density at radius 2 is 1.57 bits per heavy atom. The average molecular weight is 397 g/mol. The predicted molar refractivity (Wildman–Crippen MR) is 116 cm³/mol. The number of Topliss-reactive ketones (excluding diaryl/α,β-unsaturated/α-hetero) is 1. The number of esters is 1. The third-order valence-corrected chi connectivity index (χ3v) is 4.91. The average Bonchev–Trinajstić information content (AvgIpc) is 2.81. The van der Waals surface area contributed by atoms with Gasteiger partial charge < -0.3 is 4.74 Å². The second-order valence-electron chi connectivity index (χ2n) is 7.00. The van der Waals surface area contributed by atoms with Gasteiger partial charge in [-0.25, -0.2) is 4.79 Å². The molecule has 0 amide bonds. The number of ketones is 1. The van der Waals surface area contributed by atoms with Crippen molar-refractivity contribution in [2.75, 3.05) is 6.61 Å². The van der Waals surface area contributed by atoms with E-state index in [1.54, 1.807) is 54.6 Å². The summed E-state index contributed by atoms with van der Waals surface area (Å²) in [6.07, 6.45) is 3.22. The van der Waals surface area contributed by atoms with Crippen LogP contribution in [0.3, 0.4) is 0 Å². The second kappa shape index (κ2) is 10.2. The van der Waals surface area contributed by atoms with Crippen LogP contribution in [0.4, 0.5) is 0 Å². The van der Waals surface area contributed by atoms with Crippen LogP contribution in [-0.4, -0.2) is 18.4 Å². The lowest BCUT2D eigenvalue weighted by molar-refractivity contribution is 0.0475. The van der Waals surface area contributed by atoms with Gasteiger partial charge in [-0.15, -0.1) is 0 Å². The Morgan fingerprint density at radius 3 is 2.27 bits per heavy atom. The van der Waals surface area contributed by atoms with Crippen molar-refractivity contribution in [3.8, 4) is 17.2 Å². The predicted octanol–water partition coefficient (Wildman–Crippen LogP) is 5.61. The van der Waals surface area contributed by atoms with E-state index in [4.69, 9.17) is 4.74 Å². The number of carbonyl (C=O) groups is 2. The maximum absolute atomic E-state index is 12.7. The molecule has 150 valence electrons. The number of carbonyl (C=O) groups excluding carboxylic acids is 2. The first-order valence-corrected chi connectivity index (χ1v) is 10.0. The lowest BCUT2D eigenvalue weighted by atomic mass is 9.96. The molecule has 30 heavy (non-hydrogen) atoms. The maximum atomic E-state index is 12.7. The Hall–Kier alpha value is -3.71. The molecule has 0 aromatic heterocycles. The molecular weight excluding hydrogens is 374 g/mol. The summed E-state index contributed by atoms with van der Waals surface area (Å²) in [5.41, 5.74) is 3.76. The zero-order valence-electron chi connectivity index (χ0n) is 16.9. The number of unbranched alkanes of at least 4 members (excludes halogenated alkanes) is 1. The molecule has 0 fully saturated rings. The van der Waals surface area contributed by atoms with Crippen molar-refractivity contribution in [1.82, 2.24) is 0 Å². The highest BCUT2D eigenvalue weighted by Crippen LogP contribution is 2.27. The van der Waals surface area contributed by atoms with Gasteiger partial charge in [-0.1, -0.05) is 74.0 Å². The normalized spacial score (nSPS) is 10.3. The molecule has 4 heteroatoms. The number of benzene rings is 3. The number of rotatable bonds is 8. The number of nitrogens with zero attached hydrogens (tertiary/aromatic N) is 1. The Balaban J connectivity index is 1.71. The molecule has 3 aromatic carbocycles. The fourth-order valence-electron chi connectivity index (χ4n) is 3.24. The largest absolute Gasteiger partial charge is 0.454 e. The van der Waals surface area contributed by atoms with Crippen molar-refractivity contribution in [2.24, 2.45) is 0 Å². The zero-order chi connectivity index (χ0) is 21.3. The number of aryl methyl sites for hydroxylation is 1. The van der Waals surface area contributed by atoms with E-state index in [0.717, 1.165) is 19.3 Å². The lowest BCUT2D eigenvalue weighted by Crippen LogP contribution is -2.15. The van der Waals surface area contributed by atoms with Crippen molar-refractivity contribution in [2.45, 2.75) is 26.2 Å². The van der Waals surface area contributed by atoms with Crippen LogP contribution in [-0.2, 0) is 11.2 Å². The van der Waals surface area contributed by atoms with Crippen LogP contribution in [0.5, 0.6) is 0 Å². The zero-order valence-corrected chi connectivity index (χ0v) is 16.9. The molecule has 0 aliphatic carbocycles. The van der Waals surface area contributed by atoms with Gasteiger partial charge in [-0.05, 0) is 36.1 Å². The van der Waals surface area contributed by atoms with E-state index in [9.17, 15) is 14.9 Å². The molecule has 3 aromatic rings. The summed E-state index contributed by atoms with van der Waals surface area (Å²) >= 11 is 0. The molecule has 0 spiro atoms. The van der Waals surface area contributed by atoms with Gasteiger partial charge in [0.2, 0.25) is 0 Å². The fourth-order valence-corrected chi connectivity index (χ4v) is 3.24. The summed E-state index contributed by atoms with van der Waals surface area (Å²) in [6, 6.07) is 23.6. The first-order chi connectivity index (χ1) is 14.6. The van der Waals surface area contributed by atoms with Crippen molar-refractivity contribution < 1.29 is 14.3 Å². The molecule has 0 saturated carbocycles. The van der Waals surface area contributed by atoms with Crippen LogP contribution in [0.2, 0.25) is 0 Å². The van der Waals surface area contributed by atoms with Gasteiger partial charge in [-0.3, -0.25) is 4.79 Å². The van der Waals surface area contributed by atoms with Gasteiger partial charge in [0.25, 0.3) is 0 Å². The minimum Gasteiger partial charge on any atom is -0.454 e. The highest BCUT2D eigenvalue weighted by Gasteiger charge is 2.17. The van der Waals surface area contributed by atoms with Crippen LogP contribution in [0.15, 0.2) is 72.8 Å². The minimum absolute atomic E-state index is 0.250. The molecule has 0 aliphatic rings. The van der Waals surface area contributed by atoms with Crippen molar-refractivity contribution in [1.29, 1.82) is 5.26 Å². The molecule has 0 unspecified atom stereocenters. The number of hydrogen-bond donors (Lipinski definition) is 0. The highest BCUT2D eigenvalue weighted by molar-refractivity contribution is 6.01. The van der Waals surface area contributed by atoms with Crippen LogP contribution in [0, 0.1) is 11.3 Å². The van der Waals surface area contributed by atoms with Gasteiger partial charge in [0.1, 0.15) is 0 Å².